The zero-order chi connectivity index (χ0) is 8.91. The maximum atomic E-state index is 8.84. The minimum absolute atomic E-state index is 0.207. The van der Waals surface area contributed by atoms with Crippen molar-refractivity contribution < 1.29 is 0 Å². The van der Waals surface area contributed by atoms with E-state index in [4.69, 9.17) is 5.26 Å². The third kappa shape index (κ3) is 2.93. The first-order valence-electron chi connectivity index (χ1n) is 4.48. The molecule has 0 amide bonds. The molecule has 0 heterocycles. The van der Waals surface area contributed by atoms with Crippen LogP contribution < -0.4 is 0 Å². The second kappa shape index (κ2) is 4.38. The van der Waals surface area contributed by atoms with Crippen molar-refractivity contribution in [1.29, 1.82) is 5.26 Å². The molecule has 0 saturated carbocycles. The minimum Gasteiger partial charge on any atom is -0.198 e. The average Bonchev–Trinajstić information content (AvgIpc) is 1.89. The Morgan fingerprint density at radius 1 is 1.36 bits per heavy atom. The number of rotatable bonds is 4. The van der Waals surface area contributed by atoms with Gasteiger partial charge in [0.15, 0.2) is 0 Å². The molecule has 0 aliphatic carbocycles. The lowest BCUT2D eigenvalue weighted by molar-refractivity contribution is 0.236. The molecule has 0 aromatic carbocycles. The van der Waals surface area contributed by atoms with Gasteiger partial charge in [0.2, 0.25) is 0 Å². The molecule has 0 aliphatic rings. The molecule has 1 atom stereocenters. The molecule has 0 N–H and O–H groups in total. The van der Waals surface area contributed by atoms with Crippen LogP contribution in [0.4, 0.5) is 0 Å². The van der Waals surface area contributed by atoms with Crippen molar-refractivity contribution in [3.63, 3.8) is 0 Å². The molecule has 0 aromatic rings. The van der Waals surface area contributed by atoms with Gasteiger partial charge in [-0.3, -0.25) is 0 Å². The highest BCUT2D eigenvalue weighted by molar-refractivity contribution is 4.92. The van der Waals surface area contributed by atoms with Gasteiger partial charge in [-0.15, -0.1) is 0 Å². The lowest BCUT2D eigenvalue weighted by Gasteiger charge is -2.28. The molecule has 0 saturated heterocycles. The Morgan fingerprint density at radius 2 is 1.91 bits per heavy atom. The summed E-state index contributed by atoms with van der Waals surface area (Å²) < 4.78 is 0. The van der Waals surface area contributed by atoms with Crippen LogP contribution in [-0.2, 0) is 0 Å². The second-order valence-electron chi connectivity index (χ2n) is 3.83. The van der Waals surface area contributed by atoms with Crippen LogP contribution in [0.15, 0.2) is 0 Å². The van der Waals surface area contributed by atoms with Gasteiger partial charge in [0.1, 0.15) is 0 Å². The van der Waals surface area contributed by atoms with E-state index in [0.29, 0.717) is 0 Å². The van der Waals surface area contributed by atoms with E-state index in [-0.39, 0.29) is 11.3 Å². The van der Waals surface area contributed by atoms with Crippen molar-refractivity contribution in [3.8, 4) is 6.07 Å². The minimum atomic E-state index is 0.207. The lowest BCUT2D eigenvalue weighted by atomic mass is 9.75. The zero-order valence-electron chi connectivity index (χ0n) is 8.15. The first-order chi connectivity index (χ1) is 5.08. The number of hydrogen-bond donors (Lipinski definition) is 0. The SMILES string of the molecule is CCCC(C)(C)C(C#N)CC. The number of hydrogen-bond acceptors (Lipinski definition) is 1. The molecule has 0 fully saturated rings. The maximum Gasteiger partial charge on any atom is 0.0661 e. The Labute approximate surface area is 70.4 Å². The Morgan fingerprint density at radius 3 is 2.18 bits per heavy atom. The monoisotopic (exact) mass is 153 g/mol. The Balaban J connectivity index is 4.15. The quantitative estimate of drug-likeness (QED) is 0.607. The van der Waals surface area contributed by atoms with Gasteiger partial charge in [0, 0.05) is 0 Å². The van der Waals surface area contributed by atoms with Crippen molar-refractivity contribution in [2.75, 3.05) is 0 Å². The van der Waals surface area contributed by atoms with Crippen LogP contribution >= 0.6 is 0 Å². The van der Waals surface area contributed by atoms with Gasteiger partial charge in [-0.2, -0.15) is 5.26 Å². The summed E-state index contributed by atoms with van der Waals surface area (Å²) in [6.07, 6.45) is 3.30. The predicted molar refractivity (Wildman–Crippen MR) is 48.1 cm³/mol. The summed E-state index contributed by atoms with van der Waals surface area (Å²) in [4.78, 5) is 0. The fraction of sp³-hybridized carbons (Fsp3) is 0.900. The van der Waals surface area contributed by atoms with Gasteiger partial charge >= 0.3 is 0 Å². The van der Waals surface area contributed by atoms with E-state index in [2.05, 4.69) is 33.8 Å². The molecule has 0 spiro atoms. The van der Waals surface area contributed by atoms with Gasteiger partial charge in [-0.25, -0.2) is 0 Å². The summed E-state index contributed by atoms with van der Waals surface area (Å²) in [5.41, 5.74) is 0.207. The fourth-order valence-corrected chi connectivity index (χ4v) is 1.64. The predicted octanol–water partition coefficient (Wildman–Crippen LogP) is 3.36. The van der Waals surface area contributed by atoms with E-state index in [1.807, 2.05) is 0 Å². The summed E-state index contributed by atoms with van der Waals surface area (Å²) in [7, 11) is 0. The Kier molecular flexibility index (Phi) is 4.18. The first kappa shape index (κ1) is 10.5. The highest BCUT2D eigenvalue weighted by atomic mass is 14.4. The van der Waals surface area contributed by atoms with Crippen molar-refractivity contribution in [3.05, 3.63) is 0 Å². The molecule has 0 bridgehead atoms. The highest BCUT2D eigenvalue weighted by Gasteiger charge is 2.26. The van der Waals surface area contributed by atoms with Gasteiger partial charge in [0.25, 0.3) is 0 Å². The van der Waals surface area contributed by atoms with Crippen LogP contribution in [0.25, 0.3) is 0 Å². The summed E-state index contributed by atoms with van der Waals surface area (Å²) in [5, 5.41) is 8.84. The fourth-order valence-electron chi connectivity index (χ4n) is 1.64. The molecular weight excluding hydrogens is 134 g/mol. The standard InChI is InChI=1S/C10H19N/c1-5-7-10(3,4)9(6-2)8-11/h9H,5-7H2,1-4H3. The number of nitrogens with zero attached hydrogens (tertiary/aromatic N) is 1. The van der Waals surface area contributed by atoms with Crippen molar-refractivity contribution in [2.45, 2.75) is 47.0 Å². The summed E-state index contributed by atoms with van der Waals surface area (Å²) in [6.45, 7) is 8.64. The smallest absolute Gasteiger partial charge is 0.0661 e. The molecule has 1 heteroatoms. The van der Waals surface area contributed by atoms with E-state index in [9.17, 15) is 0 Å². The van der Waals surface area contributed by atoms with Crippen LogP contribution in [0.3, 0.4) is 0 Å². The molecular formula is C10H19N. The van der Waals surface area contributed by atoms with E-state index in [1.165, 1.54) is 6.42 Å². The van der Waals surface area contributed by atoms with E-state index >= 15 is 0 Å². The summed E-state index contributed by atoms with van der Waals surface area (Å²) in [6, 6.07) is 2.38. The van der Waals surface area contributed by atoms with Gasteiger partial charge in [-0.05, 0) is 18.3 Å². The van der Waals surface area contributed by atoms with Crippen molar-refractivity contribution in [2.24, 2.45) is 11.3 Å². The molecule has 0 aromatic heterocycles. The summed E-state index contributed by atoms with van der Waals surface area (Å²) in [5.74, 6) is 0.224. The highest BCUT2D eigenvalue weighted by Crippen LogP contribution is 2.33. The van der Waals surface area contributed by atoms with E-state index < -0.39 is 0 Å². The third-order valence-corrected chi connectivity index (χ3v) is 2.40. The molecule has 1 unspecified atom stereocenters. The largest absolute Gasteiger partial charge is 0.198 e. The lowest BCUT2D eigenvalue weighted by Crippen LogP contribution is -2.21. The zero-order valence-corrected chi connectivity index (χ0v) is 8.15. The molecule has 0 radical (unpaired) electrons. The van der Waals surface area contributed by atoms with Crippen LogP contribution in [0.1, 0.15) is 47.0 Å². The van der Waals surface area contributed by atoms with Crippen LogP contribution in [0, 0.1) is 22.7 Å². The second-order valence-corrected chi connectivity index (χ2v) is 3.83. The molecule has 0 rings (SSSR count). The van der Waals surface area contributed by atoms with Crippen LogP contribution in [-0.4, -0.2) is 0 Å². The molecule has 64 valence electrons. The normalized spacial score (nSPS) is 14.1. The van der Waals surface area contributed by atoms with E-state index in [0.717, 1.165) is 12.8 Å². The maximum absolute atomic E-state index is 8.84. The van der Waals surface area contributed by atoms with Gasteiger partial charge in [-0.1, -0.05) is 34.1 Å². The van der Waals surface area contributed by atoms with Crippen molar-refractivity contribution in [1.82, 2.24) is 0 Å². The average molecular weight is 153 g/mol. The van der Waals surface area contributed by atoms with Crippen LogP contribution in [0.5, 0.6) is 0 Å². The Bertz CT molecular complexity index is 141. The number of nitriles is 1. The molecule has 1 nitrogen and oxygen atoms in total. The Hall–Kier alpha value is -0.510. The van der Waals surface area contributed by atoms with Gasteiger partial charge in [0.05, 0.1) is 12.0 Å². The van der Waals surface area contributed by atoms with Crippen molar-refractivity contribution >= 4 is 0 Å². The topological polar surface area (TPSA) is 23.8 Å². The van der Waals surface area contributed by atoms with Gasteiger partial charge < -0.3 is 0 Å². The van der Waals surface area contributed by atoms with E-state index in [1.54, 1.807) is 0 Å². The summed E-state index contributed by atoms with van der Waals surface area (Å²) >= 11 is 0. The first-order valence-corrected chi connectivity index (χ1v) is 4.48. The van der Waals surface area contributed by atoms with Crippen LogP contribution in [0.2, 0.25) is 0 Å². The molecule has 0 aliphatic heterocycles. The third-order valence-electron chi connectivity index (χ3n) is 2.40. The molecule has 11 heavy (non-hydrogen) atoms.